The van der Waals surface area contributed by atoms with Gasteiger partial charge in [-0.05, 0) is 24.6 Å². The molecule has 0 radical (unpaired) electrons. The molecule has 8 heteroatoms. The molecule has 1 amide bonds. The second-order valence-corrected chi connectivity index (χ2v) is 5.21. The molecule has 0 aliphatic carbocycles. The van der Waals surface area contributed by atoms with Gasteiger partial charge in [0.1, 0.15) is 0 Å². The number of amides is 1. The predicted molar refractivity (Wildman–Crippen MR) is 81.4 cm³/mol. The number of benzene rings is 1. The maximum atomic E-state index is 12.6. The Bertz CT molecular complexity index is 654. The number of carbonyl (C=O) groups is 1. The average Bonchev–Trinajstić information content (AvgIpc) is 3.02. The van der Waals surface area contributed by atoms with Gasteiger partial charge in [-0.1, -0.05) is 18.7 Å². The van der Waals surface area contributed by atoms with Crippen molar-refractivity contribution in [2.75, 3.05) is 18.7 Å². The summed E-state index contributed by atoms with van der Waals surface area (Å²) in [4.78, 5) is 18.2. The molecule has 0 bridgehead atoms. The van der Waals surface area contributed by atoms with Gasteiger partial charge < -0.3 is 9.64 Å². The van der Waals surface area contributed by atoms with Gasteiger partial charge in [0.15, 0.2) is 6.73 Å². The monoisotopic (exact) mass is 342 g/mol. The van der Waals surface area contributed by atoms with Crippen LogP contribution in [0.25, 0.3) is 0 Å². The van der Waals surface area contributed by atoms with E-state index in [2.05, 4.69) is 11.3 Å². The fourth-order valence-corrected chi connectivity index (χ4v) is 2.05. The molecule has 0 N–H and O–H groups in total. The van der Waals surface area contributed by atoms with Crippen LogP contribution in [0.3, 0.4) is 0 Å². The first-order valence-corrected chi connectivity index (χ1v) is 7.01. The fourth-order valence-electron chi connectivity index (χ4n) is 2.05. The first-order chi connectivity index (χ1) is 11.2. The van der Waals surface area contributed by atoms with Crippen molar-refractivity contribution in [2.45, 2.75) is 19.6 Å². The van der Waals surface area contributed by atoms with Crippen molar-refractivity contribution in [1.29, 1.82) is 0 Å². The Morgan fingerprint density at radius 2 is 2.00 bits per heavy atom. The molecule has 130 valence electrons. The molecule has 2 rings (SSSR count). The Hall–Kier alpha value is -2.48. The SMILES string of the molecule is C=C(C)C(=O)N(Cc1ccc(N2C=C(C(F)(F)F)OC2)cc1)OC. The Morgan fingerprint density at radius 1 is 1.38 bits per heavy atom. The molecule has 1 aliphatic heterocycles. The van der Waals surface area contributed by atoms with Crippen molar-refractivity contribution in [3.63, 3.8) is 0 Å². The van der Waals surface area contributed by atoms with Crippen LogP contribution >= 0.6 is 0 Å². The van der Waals surface area contributed by atoms with Crippen LogP contribution in [-0.4, -0.2) is 31.0 Å². The first-order valence-electron chi connectivity index (χ1n) is 7.01. The highest BCUT2D eigenvalue weighted by atomic mass is 19.4. The predicted octanol–water partition coefficient (Wildman–Crippen LogP) is 3.35. The molecule has 0 saturated carbocycles. The van der Waals surface area contributed by atoms with E-state index in [-0.39, 0.29) is 19.2 Å². The summed E-state index contributed by atoms with van der Waals surface area (Å²) in [6.07, 6.45) is -3.59. The summed E-state index contributed by atoms with van der Waals surface area (Å²) in [5, 5.41) is 1.15. The molecular formula is C16H17F3N2O3. The van der Waals surface area contributed by atoms with Gasteiger partial charge in [0.25, 0.3) is 5.91 Å². The summed E-state index contributed by atoms with van der Waals surface area (Å²) in [6, 6.07) is 6.69. The number of carbonyl (C=O) groups excluding carboxylic acids is 1. The van der Waals surface area contributed by atoms with E-state index < -0.39 is 11.9 Å². The minimum Gasteiger partial charge on any atom is -0.466 e. The topological polar surface area (TPSA) is 42.0 Å². The molecule has 0 fully saturated rings. The minimum atomic E-state index is -4.50. The van der Waals surface area contributed by atoms with Gasteiger partial charge in [0.2, 0.25) is 5.76 Å². The van der Waals surface area contributed by atoms with Crippen molar-refractivity contribution in [3.05, 3.63) is 53.9 Å². The number of allylic oxidation sites excluding steroid dienone is 1. The van der Waals surface area contributed by atoms with Crippen LogP contribution < -0.4 is 4.90 Å². The molecule has 1 aromatic rings. The second-order valence-electron chi connectivity index (χ2n) is 5.21. The lowest BCUT2D eigenvalue weighted by molar-refractivity contribution is -0.174. The van der Waals surface area contributed by atoms with Crippen LogP contribution in [0, 0.1) is 0 Å². The molecule has 0 aromatic heterocycles. The summed E-state index contributed by atoms with van der Waals surface area (Å²) in [5.74, 6) is -1.36. The molecule has 0 unspecified atom stereocenters. The lowest BCUT2D eigenvalue weighted by Gasteiger charge is -2.20. The second kappa shape index (κ2) is 6.96. The van der Waals surface area contributed by atoms with Crippen molar-refractivity contribution >= 4 is 11.6 Å². The molecule has 5 nitrogen and oxygen atoms in total. The van der Waals surface area contributed by atoms with Crippen molar-refractivity contribution in [1.82, 2.24) is 5.06 Å². The third kappa shape index (κ3) is 4.08. The third-order valence-electron chi connectivity index (χ3n) is 3.32. The smallest absolute Gasteiger partial charge is 0.450 e. The quantitative estimate of drug-likeness (QED) is 0.608. The molecule has 0 spiro atoms. The van der Waals surface area contributed by atoms with Gasteiger partial charge in [-0.3, -0.25) is 9.63 Å². The van der Waals surface area contributed by atoms with Crippen molar-refractivity contribution in [2.24, 2.45) is 0 Å². The normalized spacial score (nSPS) is 14.2. The number of hydroxylamine groups is 2. The summed E-state index contributed by atoms with van der Waals surface area (Å²) < 4.78 is 42.3. The summed E-state index contributed by atoms with van der Waals surface area (Å²) in [5.41, 5.74) is 1.65. The third-order valence-corrected chi connectivity index (χ3v) is 3.32. The zero-order chi connectivity index (χ0) is 17.9. The zero-order valence-corrected chi connectivity index (χ0v) is 13.3. The van der Waals surface area contributed by atoms with Crippen molar-refractivity contribution < 1.29 is 27.5 Å². The van der Waals surface area contributed by atoms with Gasteiger partial charge in [0, 0.05) is 11.3 Å². The van der Waals surface area contributed by atoms with Gasteiger partial charge in [-0.2, -0.15) is 13.2 Å². The Balaban J connectivity index is 2.07. The Kier molecular flexibility index (Phi) is 5.18. The van der Waals surface area contributed by atoms with Crippen LogP contribution in [0.15, 0.2) is 48.4 Å². The number of hydrogen-bond donors (Lipinski definition) is 0. The zero-order valence-electron chi connectivity index (χ0n) is 13.3. The van der Waals surface area contributed by atoms with Crippen LogP contribution in [0.4, 0.5) is 18.9 Å². The van der Waals surface area contributed by atoms with Gasteiger partial charge in [-0.15, -0.1) is 0 Å². The lowest BCUT2D eigenvalue weighted by atomic mass is 10.2. The average molecular weight is 342 g/mol. The van der Waals surface area contributed by atoms with Crippen molar-refractivity contribution in [3.8, 4) is 0 Å². The molecule has 0 atom stereocenters. The van der Waals surface area contributed by atoms with E-state index in [0.717, 1.165) is 16.8 Å². The van der Waals surface area contributed by atoms with Crippen LogP contribution in [-0.2, 0) is 20.9 Å². The molecule has 1 heterocycles. The van der Waals surface area contributed by atoms with E-state index in [4.69, 9.17) is 4.84 Å². The molecule has 1 aromatic carbocycles. The number of ether oxygens (including phenoxy) is 1. The molecular weight excluding hydrogens is 325 g/mol. The number of nitrogens with zero attached hydrogens (tertiary/aromatic N) is 2. The standard InChI is InChI=1S/C16H17F3N2O3/c1-11(2)15(22)21(23-3)8-12-4-6-13(7-5-12)20-9-14(24-10-20)16(17,18)19/h4-7,9H,1,8,10H2,2-3H3. The Morgan fingerprint density at radius 3 is 2.46 bits per heavy atom. The lowest BCUT2D eigenvalue weighted by Crippen LogP contribution is -2.29. The van der Waals surface area contributed by atoms with E-state index >= 15 is 0 Å². The molecule has 1 aliphatic rings. The van der Waals surface area contributed by atoms with E-state index in [9.17, 15) is 18.0 Å². The van der Waals surface area contributed by atoms with Gasteiger partial charge >= 0.3 is 6.18 Å². The summed E-state index contributed by atoms with van der Waals surface area (Å²) in [7, 11) is 1.38. The van der Waals surface area contributed by atoms with Crippen LogP contribution in [0.2, 0.25) is 0 Å². The number of hydrogen-bond acceptors (Lipinski definition) is 4. The maximum absolute atomic E-state index is 12.6. The van der Waals surface area contributed by atoms with E-state index in [1.165, 1.54) is 12.0 Å². The van der Waals surface area contributed by atoms with Gasteiger partial charge in [0.05, 0.1) is 19.9 Å². The number of alkyl halides is 3. The van der Waals surface area contributed by atoms with Crippen LogP contribution in [0.1, 0.15) is 12.5 Å². The first kappa shape index (κ1) is 17.9. The van der Waals surface area contributed by atoms with E-state index in [0.29, 0.717) is 11.3 Å². The number of rotatable bonds is 5. The fraction of sp³-hybridized carbons (Fsp3) is 0.312. The van der Waals surface area contributed by atoms with E-state index in [1.54, 1.807) is 31.2 Å². The highest BCUT2D eigenvalue weighted by molar-refractivity contribution is 5.91. The Labute approximate surface area is 137 Å². The maximum Gasteiger partial charge on any atom is 0.450 e. The molecule has 0 saturated heterocycles. The minimum absolute atomic E-state index is 0.197. The molecule has 24 heavy (non-hydrogen) atoms. The summed E-state index contributed by atoms with van der Waals surface area (Å²) in [6.45, 7) is 5.14. The highest BCUT2D eigenvalue weighted by Gasteiger charge is 2.39. The highest BCUT2D eigenvalue weighted by Crippen LogP contribution is 2.32. The largest absolute Gasteiger partial charge is 0.466 e. The summed E-state index contributed by atoms with van der Waals surface area (Å²) >= 11 is 0. The number of halogens is 3. The van der Waals surface area contributed by atoms with Gasteiger partial charge in [-0.25, -0.2) is 5.06 Å². The number of anilines is 1. The van der Waals surface area contributed by atoms with Crippen LogP contribution in [0.5, 0.6) is 0 Å². The van der Waals surface area contributed by atoms with E-state index in [1.807, 2.05) is 0 Å².